The van der Waals surface area contributed by atoms with E-state index in [1.165, 1.54) is 30.5 Å². The van der Waals surface area contributed by atoms with E-state index in [-0.39, 0.29) is 15.7 Å². The standard InChI is InChI=1S/C25H20ClFN4O4S/c1-35-21-12-7-17-13-18(25(26)29-23(17)14-21)15-28-30-24(32)16-31(20-10-8-19(27)9-11-20)36(33,34)22-5-3-2-4-6-22/h2-15H,16H2,1H3,(H,30,32)/b28-15+. The lowest BCUT2D eigenvalue weighted by Crippen LogP contribution is -2.39. The lowest BCUT2D eigenvalue weighted by Gasteiger charge is -2.23. The summed E-state index contributed by atoms with van der Waals surface area (Å²) in [5, 5.41) is 4.85. The van der Waals surface area contributed by atoms with Crippen LogP contribution in [0.3, 0.4) is 0 Å². The van der Waals surface area contributed by atoms with E-state index in [0.717, 1.165) is 21.8 Å². The number of anilines is 1. The van der Waals surface area contributed by atoms with Gasteiger partial charge in [0.15, 0.2) is 0 Å². The molecule has 0 fully saturated rings. The number of sulfonamides is 1. The summed E-state index contributed by atoms with van der Waals surface area (Å²) >= 11 is 6.24. The van der Waals surface area contributed by atoms with Crippen molar-refractivity contribution in [3.63, 3.8) is 0 Å². The van der Waals surface area contributed by atoms with E-state index in [2.05, 4.69) is 15.5 Å². The van der Waals surface area contributed by atoms with Crippen LogP contribution < -0.4 is 14.5 Å². The number of nitrogens with zero attached hydrogens (tertiary/aromatic N) is 3. The molecule has 3 aromatic carbocycles. The molecular formula is C25H20ClFN4O4S. The summed E-state index contributed by atoms with van der Waals surface area (Å²) in [5.41, 5.74) is 3.50. The number of carbonyl (C=O) groups is 1. The third-order valence-electron chi connectivity index (χ3n) is 5.13. The Morgan fingerprint density at radius 1 is 1.11 bits per heavy atom. The van der Waals surface area contributed by atoms with Gasteiger partial charge in [-0.3, -0.25) is 9.10 Å². The lowest BCUT2D eigenvalue weighted by atomic mass is 10.1. The van der Waals surface area contributed by atoms with Gasteiger partial charge in [0.05, 0.1) is 29.4 Å². The number of aromatic nitrogens is 1. The van der Waals surface area contributed by atoms with Crippen molar-refractivity contribution in [2.45, 2.75) is 4.90 Å². The lowest BCUT2D eigenvalue weighted by molar-refractivity contribution is -0.119. The SMILES string of the molecule is COc1ccc2cc(/C=N/NC(=O)CN(c3ccc(F)cc3)S(=O)(=O)c3ccccc3)c(Cl)nc2c1. The van der Waals surface area contributed by atoms with Crippen LogP contribution in [0.4, 0.5) is 10.1 Å². The Morgan fingerprint density at radius 2 is 1.83 bits per heavy atom. The van der Waals surface area contributed by atoms with Crippen LogP contribution in [-0.4, -0.2) is 39.2 Å². The predicted octanol–water partition coefficient (Wildman–Crippen LogP) is 4.38. The monoisotopic (exact) mass is 526 g/mol. The second-order valence-electron chi connectivity index (χ2n) is 7.52. The number of fused-ring (bicyclic) bond motifs is 1. The van der Waals surface area contributed by atoms with E-state index in [4.69, 9.17) is 16.3 Å². The number of nitrogens with one attached hydrogen (secondary N) is 1. The first kappa shape index (κ1) is 25.1. The molecule has 0 aliphatic carbocycles. The number of carbonyl (C=O) groups excluding carboxylic acids is 1. The van der Waals surface area contributed by atoms with Gasteiger partial charge in [0.2, 0.25) is 0 Å². The summed E-state index contributed by atoms with van der Waals surface area (Å²) in [6.07, 6.45) is 1.31. The fourth-order valence-corrected chi connectivity index (χ4v) is 4.98. The zero-order valence-electron chi connectivity index (χ0n) is 18.9. The van der Waals surface area contributed by atoms with Crippen molar-refractivity contribution < 1.29 is 22.3 Å². The van der Waals surface area contributed by atoms with Gasteiger partial charge in [-0.05, 0) is 54.6 Å². The van der Waals surface area contributed by atoms with Gasteiger partial charge in [0, 0.05) is 17.0 Å². The number of benzene rings is 3. The molecule has 0 aliphatic rings. The maximum absolute atomic E-state index is 13.4. The normalized spacial score (nSPS) is 11.5. The summed E-state index contributed by atoms with van der Waals surface area (Å²) in [7, 11) is -2.57. The van der Waals surface area contributed by atoms with E-state index < -0.39 is 28.3 Å². The summed E-state index contributed by atoms with van der Waals surface area (Å²) in [4.78, 5) is 17.0. The number of methoxy groups -OCH3 is 1. The number of hydrazone groups is 1. The van der Waals surface area contributed by atoms with Crippen LogP contribution in [0.5, 0.6) is 5.75 Å². The molecule has 1 amide bonds. The number of hydrogen-bond donors (Lipinski definition) is 1. The number of pyridine rings is 1. The van der Waals surface area contributed by atoms with Crippen LogP contribution in [0.1, 0.15) is 5.56 Å². The van der Waals surface area contributed by atoms with E-state index in [1.807, 2.05) is 6.07 Å². The zero-order chi connectivity index (χ0) is 25.7. The first-order valence-electron chi connectivity index (χ1n) is 10.6. The number of halogens is 2. The van der Waals surface area contributed by atoms with Gasteiger partial charge in [-0.15, -0.1) is 0 Å². The third-order valence-corrected chi connectivity index (χ3v) is 7.22. The van der Waals surface area contributed by atoms with Gasteiger partial charge in [0.25, 0.3) is 15.9 Å². The van der Waals surface area contributed by atoms with Gasteiger partial charge >= 0.3 is 0 Å². The second-order valence-corrected chi connectivity index (χ2v) is 9.74. The van der Waals surface area contributed by atoms with Gasteiger partial charge in [0.1, 0.15) is 23.3 Å². The fraction of sp³-hybridized carbons (Fsp3) is 0.0800. The third kappa shape index (κ3) is 5.61. The number of ether oxygens (including phenoxy) is 1. The molecule has 1 heterocycles. The Morgan fingerprint density at radius 3 is 2.53 bits per heavy atom. The van der Waals surface area contributed by atoms with E-state index in [0.29, 0.717) is 16.8 Å². The van der Waals surface area contributed by atoms with Crippen LogP contribution in [0.15, 0.2) is 88.9 Å². The zero-order valence-corrected chi connectivity index (χ0v) is 20.5. The molecule has 0 atom stereocenters. The highest BCUT2D eigenvalue weighted by molar-refractivity contribution is 7.92. The van der Waals surface area contributed by atoms with E-state index in [9.17, 15) is 17.6 Å². The molecular weight excluding hydrogens is 507 g/mol. The van der Waals surface area contributed by atoms with Gasteiger partial charge in [-0.1, -0.05) is 29.8 Å². The molecule has 184 valence electrons. The van der Waals surface area contributed by atoms with Crippen molar-refractivity contribution in [3.8, 4) is 5.75 Å². The van der Waals surface area contributed by atoms with Crippen molar-refractivity contribution in [2.24, 2.45) is 5.10 Å². The molecule has 1 aromatic heterocycles. The molecule has 0 bridgehead atoms. The Bertz CT molecular complexity index is 1530. The average molecular weight is 527 g/mol. The van der Waals surface area contributed by atoms with Crippen molar-refractivity contribution in [3.05, 3.63) is 95.4 Å². The highest BCUT2D eigenvalue weighted by atomic mass is 35.5. The quantitative estimate of drug-likeness (QED) is 0.208. The number of amides is 1. The van der Waals surface area contributed by atoms with Gasteiger partial charge in [-0.2, -0.15) is 5.10 Å². The largest absolute Gasteiger partial charge is 0.497 e. The fourth-order valence-electron chi connectivity index (χ4n) is 3.34. The minimum Gasteiger partial charge on any atom is -0.497 e. The van der Waals surface area contributed by atoms with E-state index >= 15 is 0 Å². The van der Waals surface area contributed by atoms with Crippen molar-refractivity contribution >= 4 is 50.3 Å². The van der Waals surface area contributed by atoms with Crippen LogP contribution in [0, 0.1) is 5.82 Å². The van der Waals surface area contributed by atoms with Crippen molar-refractivity contribution in [2.75, 3.05) is 18.0 Å². The van der Waals surface area contributed by atoms with E-state index in [1.54, 1.807) is 43.5 Å². The van der Waals surface area contributed by atoms with Crippen molar-refractivity contribution in [1.29, 1.82) is 0 Å². The Labute approximate surface area is 212 Å². The molecule has 1 N–H and O–H groups in total. The number of rotatable bonds is 8. The topological polar surface area (TPSA) is 101 Å². The highest BCUT2D eigenvalue weighted by Crippen LogP contribution is 2.25. The minimum absolute atomic E-state index is 0.0173. The van der Waals surface area contributed by atoms with Crippen LogP contribution in [0.25, 0.3) is 10.9 Å². The van der Waals surface area contributed by atoms with Crippen LogP contribution in [-0.2, 0) is 14.8 Å². The molecule has 0 saturated heterocycles. The summed E-state index contributed by atoms with van der Waals surface area (Å²) < 4.78 is 46.0. The summed E-state index contributed by atoms with van der Waals surface area (Å²) in [6, 6.07) is 19.5. The second kappa shape index (κ2) is 10.7. The predicted molar refractivity (Wildman–Crippen MR) is 136 cm³/mol. The minimum atomic E-state index is -4.12. The Kier molecular flexibility index (Phi) is 7.47. The molecule has 0 saturated carbocycles. The van der Waals surface area contributed by atoms with Gasteiger partial charge in [-0.25, -0.2) is 23.2 Å². The van der Waals surface area contributed by atoms with Gasteiger partial charge < -0.3 is 4.74 Å². The Hall–Kier alpha value is -4.02. The molecule has 36 heavy (non-hydrogen) atoms. The van der Waals surface area contributed by atoms with Crippen LogP contribution in [0.2, 0.25) is 5.15 Å². The van der Waals surface area contributed by atoms with Crippen LogP contribution >= 0.6 is 11.6 Å². The molecule has 0 spiro atoms. The molecule has 0 aliphatic heterocycles. The maximum Gasteiger partial charge on any atom is 0.264 e. The molecule has 4 rings (SSSR count). The molecule has 0 unspecified atom stereocenters. The summed E-state index contributed by atoms with van der Waals surface area (Å²) in [5.74, 6) is -0.621. The average Bonchev–Trinajstić information content (AvgIpc) is 2.88. The molecule has 4 aromatic rings. The Balaban J connectivity index is 1.54. The first-order chi connectivity index (χ1) is 17.3. The summed E-state index contributed by atoms with van der Waals surface area (Å²) in [6.45, 7) is -0.594. The van der Waals surface area contributed by atoms with Crippen molar-refractivity contribution in [1.82, 2.24) is 10.4 Å². The highest BCUT2D eigenvalue weighted by Gasteiger charge is 2.27. The molecule has 0 radical (unpaired) electrons. The maximum atomic E-state index is 13.4. The smallest absolute Gasteiger partial charge is 0.264 e. The molecule has 8 nitrogen and oxygen atoms in total. The number of hydrogen-bond acceptors (Lipinski definition) is 6. The first-order valence-corrected chi connectivity index (χ1v) is 12.4. The molecule has 11 heteroatoms.